The van der Waals surface area contributed by atoms with Gasteiger partial charge in [0, 0.05) is 0 Å². The minimum absolute atomic E-state index is 0.228. The molecule has 1 aliphatic rings. The molecule has 1 rings (SSSR count). The fraction of sp³-hybridized carbons (Fsp3) is 0.909. The number of carbonyl (C=O) groups is 1. The molecule has 0 unspecified atom stereocenters. The van der Waals surface area contributed by atoms with Crippen molar-refractivity contribution in [2.24, 2.45) is 0 Å². The summed E-state index contributed by atoms with van der Waals surface area (Å²) < 4.78 is 10.6. The van der Waals surface area contributed by atoms with Crippen molar-refractivity contribution < 1.29 is 14.3 Å². The lowest BCUT2D eigenvalue weighted by molar-refractivity contribution is -0.156. The second-order valence-corrected chi connectivity index (χ2v) is 5.09. The average Bonchev–Trinajstić information content (AvgIpc) is 2.59. The highest BCUT2D eigenvalue weighted by Gasteiger charge is 2.57. The zero-order valence-electron chi connectivity index (χ0n) is 9.72. The van der Waals surface area contributed by atoms with Crippen molar-refractivity contribution in [2.75, 3.05) is 0 Å². The van der Waals surface area contributed by atoms with E-state index in [-0.39, 0.29) is 17.7 Å². The summed E-state index contributed by atoms with van der Waals surface area (Å²) in [5.74, 6) is -0.228. The van der Waals surface area contributed by atoms with Gasteiger partial charge in [0.05, 0.1) is 0 Å². The van der Waals surface area contributed by atoms with Gasteiger partial charge in [-0.3, -0.25) is 0 Å². The predicted molar refractivity (Wildman–Crippen MR) is 54.0 cm³/mol. The molecular weight excluding hydrogens is 180 g/mol. The van der Waals surface area contributed by atoms with E-state index >= 15 is 0 Å². The zero-order valence-corrected chi connectivity index (χ0v) is 9.72. The van der Waals surface area contributed by atoms with Gasteiger partial charge in [-0.25, -0.2) is 4.79 Å². The van der Waals surface area contributed by atoms with Crippen LogP contribution in [0.25, 0.3) is 0 Å². The molecule has 0 bridgehead atoms. The molecule has 0 spiro atoms. The van der Waals surface area contributed by atoms with Crippen LogP contribution < -0.4 is 0 Å². The molecular formula is C11H20O3. The van der Waals surface area contributed by atoms with Crippen LogP contribution in [0.4, 0.5) is 0 Å². The Kier molecular flexibility index (Phi) is 2.91. The Morgan fingerprint density at radius 2 is 2.07 bits per heavy atom. The van der Waals surface area contributed by atoms with Crippen molar-refractivity contribution in [1.82, 2.24) is 0 Å². The lowest BCUT2D eigenvalue weighted by atomic mass is 10.0. The second-order valence-electron chi connectivity index (χ2n) is 5.09. The Hall–Kier alpha value is -0.570. The number of esters is 1. The number of hydrogen-bond acceptors (Lipinski definition) is 3. The molecule has 0 aromatic heterocycles. The third kappa shape index (κ3) is 2.71. The van der Waals surface area contributed by atoms with Crippen LogP contribution in [0.1, 0.15) is 47.5 Å². The lowest BCUT2D eigenvalue weighted by Gasteiger charge is -2.19. The molecule has 1 saturated heterocycles. The molecule has 2 atom stereocenters. The average molecular weight is 200 g/mol. The fourth-order valence-electron chi connectivity index (χ4n) is 1.57. The van der Waals surface area contributed by atoms with Gasteiger partial charge in [-0.1, -0.05) is 13.3 Å². The molecule has 0 N–H and O–H groups in total. The van der Waals surface area contributed by atoms with Crippen LogP contribution in [-0.4, -0.2) is 23.3 Å². The Labute approximate surface area is 85.8 Å². The molecule has 0 amide bonds. The van der Waals surface area contributed by atoms with Gasteiger partial charge in [0.2, 0.25) is 0 Å². The van der Waals surface area contributed by atoms with E-state index in [2.05, 4.69) is 6.92 Å². The summed E-state index contributed by atoms with van der Waals surface area (Å²) in [5.41, 5.74) is -0.687. The Morgan fingerprint density at radius 1 is 1.50 bits per heavy atom. The first kappa shape index (κ1) is 11.5. The van der Waals surface area contributed by atoms with Crippen molar-refractivity contribution in [2.45, 2.75) is 64.8 Å². The van der Waals surface area contributed by atoms with Gasteiger partial charge in [0.25, 0.3) is 0 Å². The summed E-state index contributed by atoms with van der Waals surface area (Å²) in [5, 5.41) is 0. The molecule has 0 radical (unpaired) electrons. The van der Waals surface area contributed by atoms with Crippen molar-refractivity contribution in [3.8, 4) is 0 Å². The smallest absolute Gasteiger partial charge is 0.338 e. The van der Waals surface area contributed by atoms with Crippen LogP contribution in [0, 0.1) is 0 Å². The molecule has 0 aromatic rings. The van der Waals surface area contributed by atoms with Gasteiger partial charge in [0.1, 0.15) is 11.2 Å². The number of hydrogen-bond donors (Lipinski definition) is 0. The Bertz CT molecular complexity index is 229. The van der Waals surface area contributed by atoms with E-state index in [1.807, 2.05) is 27.7 Å². The molecule has 3 heteroatoms. The third-order valence-corrected chi connectivity index (χ3v) is 2.25. The van der Waals surface area contributed by atoms with E-state index in [0.29, 0.717) is 0 Å². The van der Waals surface area contributed by atoms with Gasteiger partial charge in [-0.05, 0) is 34.1 Å². The Morgan fingerprint density at radius 3 is 2.50 bits per heavy atom. The van der Waals surface area contributed by atoms with Crippen LogP contribution >= 0.6 is 0 Å². The zero-order chi connectivity index (χ0) is 11.0. The number of ether oxygens (including phenoxy) is 2. The maximum atomic E-state index is 11.6. The van der Waals surface area contributed by atoms with E-state index in [1.165, 1.54) is 0 Å². The quantitative estimate of drug-likeness (QED) is 0.518. The first-order valence-electron chi connectivity index (χ1n) is 5.19. The molecule has 0 saturated carbocycles. The molecule has 1 fully saturated rings. The van der Waals surface area contributed by atoms with Gasteiger partial charge in [0.15, 0.2) is 6.10 Å². The highest BCUT2D eigenvalue weighted by atomic mass is 16.7. The number of epoxide rings is 1. The first-order chi connectivity index (χ1) is 6.28. The molecule has 0 aliphatic carbocycles. The second kappa shape index (κ2) is 3.54. The molecule has 14 heavy (non-hydrogen) atoms. The first-order valence-corrected chi connectivity index (χ1v) is 5.19. The molecule has 82 valence electrons. The monoisotopic (exact) mass is 200 g/mol. The van der Waals surface area contributed by atoms with Crippen LogP contribution in [0.5, 0.6) is 0 Å². The minimum Gasteiger partial charge on any atom is -0.458 e. The summed E-state index contributed by atoms with van der Waals surface area (Å²) in [6.45, 7) is 9.64. The Balaban J connectivity index is 2.43. The van der Waals surface area contributed by atoms with Crippen molar-refractivity contribution >= 4 is 5.97 Å². The van der Waals surface area contributed by atoms with Crippen molar-refractivity contribution in [1.29, 1.82) is 0 Å². The van der Waals surface area contributed by atoms with Crippen LogP contribution in [0.3, 0.4) is 0 Å². The van der Waals surface area contributed by atoms with E-state index in [0.717, 1.165) is 12.8 Å². The van der Waals surface area contributed by atoms with E-state index in [4.69, 9.17) is 9.47 Å². The van der Waals surface area contributed by atoms with Crippen LogP contribution in [0.15, 0.2) is 0 Å². The van der Waals surface area contributed by atoms with E-state index in [1.54, 1.807) is 0 Å². The number of carbonyl (C=O) groups excluding carboxylic acids is 1. The van der Waals surface area contributed by atoms with Crippen molar-refractivity contribution in [3.05, 3.63) is 0 Å². The molecule has 3 nitrogen and oxygen atoms in total. The van der Waals surface area contributed by atoms with Gasteiger partial charge < -0.3 is 9.47 Å². The SMILES string of the molecule is CCC[C@@]1(C)O[C@@H]1C(=O)OC(C)(C)C. The molecule has 0 aromatic carbocycles. The fourth-order valence-corrected chi connectivity index (χ4v) is 1.57. The van der Waals surface area contributed by atoms with Gasteiger partial charge in [-0.15, -0.1) is 0 Å². The topological polar surface area (TPSA) is 38.8 Å². The highest BCUT2D eigenvalue weighted by molar-refractivity contribution is 5.79. The van der Waals surface area contributed by atoms with E-state index in [9.17, 15) is 4.79 Å². The minimum atomic E-state index is -0.420. The summed E-state index contributed by atoms with van der Waals surface area (Å²) in [4.78, 5) is 11.6. The third-order valence-electron chi connectivity index (χ3n) is 2.25. The van der Waals surface area contributed by atoms with Gasteiger partial charge in [-0.2, -0.15) is 0 Å². The van der Waals surface area contributed by atoms with Crippen molar-refractivity contribution in [3.63, 3.8) is 0 Å². The largest absolute Gasteiger partial charge is 0.458 e. The standard InChI is InChI=1S/C11H20O3/c1-6-7-11(5)8(13-11)9(12)14-10(2,3)4/h8H,6-7H2,1-5H3/t8-,11-/m1/s1. The molecule has 1 aliphatic heterocycles. The highest BCUT2D eigenvalue weighted by Crippen LogP contribution is 2.41. The molecule has 1 heterocycles. The lowest BCUT2D eigenvalue weighted by Crippen LogP contribution is -2.29. The summed E-state index contributed by atoms with van der Waals surface area (Å²) in [6, 6.07) is 0. The predicted octanol–water partition coefficient (Wildman–Crippen LogP) is 2.29. The number of rotatable bonds is 3. The summed E-state index contributed by atoms with van der Waals surface area (Å²) in [7, 11) is 0. The summed E-state index contributed by atoms with van der Waals surface area (Å²) in [6.07, 6.45) is 1.59. The summed E-state index contributed by atoms with van der Waals surface area (Å²) >= 11 is 0. The van der Waals surface area contributed by atoms with E-state index < -0.39 is 5.60 Å². The van der Waals surface area contributed by atoms with Crippen LogP contribution in [-0.2, 0) is 14.3 Å². The maximum absolute atomic E-state index is 11.6. The maximum Gasteiger partial charge on any atom is 0.338 e. The normalized spacial score (nSPS) is 31.4. The van der Waals surface area contributed by atoms with Gasteiger partial charge >= 0.3 is 5.97 Å². The van der Waals surface area contributed by atoms with Crippen LogP contribution in [0.2, 0.25) is 0 Å².